The van der Waals surface area contributed by atoms with E-state index in [2.05, 4.69) is 15.6 Å². The number of hydrogen-bond acceptors (Lipinski definition) is 3. The zero-order chi connectivity index (χ0) is 18.1. The molecule has 1 aromatic rings. The molecule has 0 aromatic heterocycles. The highest BCUT2D eigenvalue weighted by Gasteiger charge is 2.22. The van der Waals surface area contributed by atoms with Gasteiger partial charge in [-0.2, -0.15) is 0 Å². The van der Waals surface area contributed by atoms with Crippen LogP contribution >= 0.6 is 0 Å². The van der Waals surface area contributed by atoms with Crippen LogP contribution in [0.4, 0.5) is 0 Å². The van der Waals surface area contributed by atoms with Crippen LogP contribution in [0.2, 0.25) is 0 Å². The van der Waals surface area contributed by atoms with Gasteiger partial charge in [0.2, 0.25) is 0 Å². The third kappa shape index (κ3) is 6.34. The van der Waals surface area contributed by atoms with Crippen molar-refractivity contribution in [3.05, 3.63) is 30.3 Å². The van der Waals surface area contributed by atoms with Gasteiger partial charge in [-0.15, -0.1) is 0 Å². The van der Waals surface area contributed by atoms with E-state index in [4.69, 9.17) is 0 Å². The van der Waals surface area contributed by atoms with Crippen LogP contribution in [-0.4, -0.2) is 38.8 Å². The molecule has 1 atom stereocenters. The molecule has 1 unspecified atom stereocenters. The lowest BCUT2D eigenvalue weighted by Gasteiger charge is -2.27. The van der Waals surface area contributed by atoms with Crippen LogP contribution in [0.3, 0.4) is 0 Å². The van der Waals surface area contributed by atoms with E-state index in [0.717, 1.165) is 25.2 Å². The van der Waals surface area contributed by atoms with Crippen molar-refractivity contribution < 1.29 is 8.42 Å². The van der Waals surface area contributed by atoms with Gasteiger partial charge < -0.3 is 10.6 Å². The zero-order valence-corrected chi connectivity index (χ0v) is 16.2. The molecular weight excluding hydrogens is 334 g/mol. The first-order valence-corrected chi connectivity index (χ1v) is 11.1. The van der Waals surface area contributed by atoms with Crippen LogP contribution in [0.1, 0.15) is 52.4 Å². The number of nitrogens with one attached hydrogen (secondary N) is 2. The van der Waals surface area contributed by atoms with Gasteiger partial charge in [0.15, 0.2) is 15.8 Å². The standard InChI is InChI=1S/C19H31N3O2S/c1-3-16(15-25(23,24)18-13-9-6-10-14-18)21-19(20-4-2)22-17-11-7-5-8-12-17/h6,9-10,13-14,16-17H,3-5,7-8,11-12,15H2,1-2H3,(H2,20,21,22). The van der Waals surface area contributed by atoms with Gasteiger partial charge in [-0.1, -0.05) is 44.4 Å². The Bertz CT molecular complexity index is 638. The van der Waals surface area contributed by atoms with E-state index in [1.54, 1.807) is 24.3 Å². The lowest BCUT2D eigenvalue weighted by atomic mass is 9.96. The molecule has 0 bridgehead atoms. The van der Waals surface area contributed by atoms with Gasteiger partial charge in [0.05, 0.1) is 10.6 Å². The molecule has 6 heteroatoms. The van der Waals surface area contributed by atoms with Gasteiger partial charge >= 0.3 is 0 Å². The van der Waals surface area contributed by atoms with Crippen molar-refractivity contribution in [1.29, 1.82) is 0 Å². The monoisotopic (exact) mass is 365 g/mol. The van der Waals surface area contributed by atoms with Crippen molar-refractivity contribution in [3.63, 3.8) is 0 Å². The summed E-state index contributed by atoms with van der Waals surface area (Å²) in [6.45, 7) is 4.66. The van der Waals surface area contributed by atoms with Crippen molar-refractivity contribution in [2.45, 2.75) is 69.4 Å². The van der Waals surface area contributed by atoms with Crippen LogP contribution in [-0.2, 0) is 9.84 Å². The third-order valence-corrected chi connectivity index (χ3v) is 6.45. The SMILES string of the molecule is CCN=C(NC1CCCCC1)NC(CC)CS(=O)(=O)c1ccccc1. The maximum Gasteiger partial charge on any atom is 0.191 e. The molecule has 0 heterocycles. The van der Waals surface area contributed by atoms with Crippen LogP contribution in [0.15, 0.2) is 40.2 Å². The Morgan fingerprint density at radius 1 is 1.16 bits per heavy atom. The highest BCUT2D eigenvalue weighted by atomic mass is 32.2. The number of rotatable bonds is 7. The van der Waals surface area contributed by atoms with Gasteiger partial charge in [0, 0.05) is 18.6 Å². The molecule has 0 aliphatic heterocycles. The molecule has 0 amide bonds. The first-order chi connectivity index (χ1) is 12.0. The van der Waals surface area contributed by atoms with Crippen LogP contribution < -0.4 is 10.6 Å². The molecule has 140 valence electrons. The van der Waals surface area contributed by atoms with E-state index in [9.17, 15) is 8.42 Å². The number of hydrogen-bond donors (Lipinski definition) is 2. The van der Waals surface area contributed by atoms with E-state index < -0.39 is 9.84 Å². The average molecular weight is 366 g/mol. The smallest absolute Gasteiger partial charge is 0.191 e. The summed E-state index contributed by atoms with van der Waals surface area (Å²) in [5, 5.41) is 6.83. The van der Waals surface area contributed by atoms with Gasteiger partial charge in [0.1, 0.15) is 0 Å². The molecule has 0 spiro atoms. The van der Waals surface area contributed by atoms with E-state index in [-0.39, 0.29) is 11.8 Å². The lowest BCUT2D eigenvalue weighted by Crippen LogP contribution is -2.49. The third-order valence-electron chi connectivity index (χ3n) is 4.62. The summed E-state index contributed by atoms with van der Waals surface area (Å²) < 4.78 is 25.3. The summed E-state index contributed by atoms with van der Waals surface area (Å²) in [6, 6.07) is 8.94. The Morgan fingerprint density at radius 3 is 2.44 bits per heavy atom. The largest absolute Gasteiger partial charge is 0.354 e. The molecule has 1 fully saturated rings. The number of guanidine groups is 1. The minimum absolute atomic E-state index is 0.0720. The van der Waals surface area contributed by atoms with E-state index in [1.165, 1.54) is 19.3 Å². The summed E-state index contributed by atoms with van der Waals surface area (Å²) in [6.07, 6.45) is 6.83. The fraction of sp³-hybridized carbons (Fsp3) is 0.632. The quantitative estimate of drug-likeness (QED) is 0.575. The highest BCUT2D eigenvalue weighted by Crippen LogP contribution is 2.17. The molecule has 1 saturated carbocycles. The first-order valence-electron chi connectivity index (χ1n) is 9.40. The first kappa shape index (κ1) is 19.8. The topological polar surface area (TPSA) is 70.6 Å². The van der Waals surface area contributed by atoms with Gasteiger partial charge in [0.25, 0.3) is 0 Å². The Balaban J connectivity index is 2.01. The molecule has 0 radical (unpaired) electrons. The lowest BCUT2D eigenvalue weighted by molar-refractivity contribution is 0.408. The second kappa shape index (κ2) is 9.80. The molecule has 5 nitrogen and oxygen atoms in total. The Labute approximate surface area is 152 Å². The van der Waals surface area contributed by atoms with Crippen molar-refractivity contribution in [1.82, 2.24) is 10.6 Å². The van der Waals surface area contributed by atoms with Crippen molar-refractivity contribution in [2.75, 3.05) is 12.3 Å². The zero-order valence-electron chi connectivity index (χ0n) is 15.4. The average Bonchev–Trinajstić information content (AvgIpc) is 2.63. The summed E-state index contributed by atoms with van der Waals surface area (Å²) in [5.41, 5.74) is 0. The van der Waals surface area contributed by atoms with Gasteiger partial charge in [-0.05, 0) is 38.3 Å². The number of benzene rings is 1. The summed E-state index contributed by atoms with van der Waals surface area (Å²) in [7, 11) is -3.31. The fourth-order valence-electron chi connectivity index (χ4n) is 3.18. The normalized spacial score (nSPS) is 17.9. The number of sulfone groups is 1. The number of nitrogens with zero attached hydrogens (tertiary/aromatic N) is 1. The number of aliphatic imine (C=N–C) groups is 1. The van der Waals surface area contributed by atoms with E-state index >= 15 is 0 Å². The molecule has 0 saturated heterocycles. The second-order valence-electron chi connectivity index (χ2n) is 6.65. The van der Waals surface area contributed by atoms with Crippen molar-refractivity contribution >= 4 is 15.8 Å². The predicted molar refractivity (Wildman–Crippen MR) is 104 cm³/mol. The maximum atomic E-state index is 12.6. The maximum absolute atomic E-state index is 12.6. The molecular formula is C19H31N3O2S. The van der Waals surface area contributed by atoms with E-state index in [0.29, 0.717) is 17.5 Å². The van der Waals surface area contributed by atoms with Crippen LogP contribution in [0.5, 0.6) is 0 Å². The highest BCUT2D eigenvalue weighted by molar-refractivity contribution is 7.91. The Hall–Kier alpha value is -1.56. The molecule has 2 N–H and O–H groups in total. The Kier molecular flexibility index (Phi) is 7.75. The van der Waals surface area contributed by atoms with Gasteiger partial charge in [-0.3, -0.25) is 4.99 Å². The second-order valence-corrected chi connectivity index (χ2v) is 8.68. The fourth-order valence-corrected chi connectivity index (χ4v) is 4.79. The predicted octanol–water partition coefficient (Wildman–Crippen LogP) is 3.13. The van der Waals surface area contributed by atoms with Crippen LogP contribution in [0.25, 0.3) is 0 Å². The molecule has 1 aromatic carbocycles. The Morgan fingerprint density at radius 2 is 1.84 bits per heavy atom. The summed E-state index contributed by atoms with van der Waals surface area (Å²) in [4.78, 5) is 4.89. The van der Waals surface area contributed by atoms with Gasteiger partial charge in [-0.25, -0.2) is 8.42 Å². The van der Waals surface area contributed by atoms with Crippen LogP contribution in [0, 0.1) is 0 Å². The molecule has 25 heavy (non-hydrogen) atoms. The minimum atomic E-state index is -3.31. The summed E-state index contributed by atoms with van der Waals surface area (Å²) >= 11 is 0. The molecule has 1 aliphatic rings. The minimum Gasteiger partial charge on any atom is -0.354 e. The van der Waals surface area contributed by atoms with Crippen molar-refractivity contribution in [3.8, 4) is 0 Å². The molecule has 2 rings (SSSR count). The molecule has 1 aliphatic carbocycles. The van der Waals surface area contributed by atoms with Crippen molar-refractivity contribution in [2.24, 2.45) is 4.99 Å². The van der Waals surface area contributed by atoms with E-state index in [1.807, 2.05) is 19.9 Å². The summed E-state index contributed by atoms with van der Waals surface area (Å²) in [5.74, 6) is 0.812.